The van der Waals surface area contributed by atoms with Crippen LogP contribution in [0.15, 0.2) is 58.9 Å². The zero-order chi connectivity index (χ0) is 23.1. The van der Waals surface area contributed by atoms with E-state index in [1.807, 2.05) is 35.6 Å². The van der Waals surface area contributed by atoms with Gasteiger partial charge in [0.1, 0.15) is 11.5 Å². The van der Waals surface area contributed by atoms with Crippen molar-refractivity contribution in [1.82, 2.24) is 4.57 Å². The van der Waals surface area contributed by atoms with E-state index in [4.69, 9.17) is 9.73 Å². The SMILES string of the molecule is Cc1ccc(Oc2ccc(NCCc3csc(=NC45CC6CC(CC(C6)C4)C5)n3C)cc2)cc1. The highest BCUT2D eigenvalue weighted by Gasteiger charge is 2.51. The molecular formula is C29H35N3OS. The van der Waals surface area contributed by atoms with Crippen LogP contribution in [0.4, 0.5) is 5.69 Å². The maximum absolute atomic E-state index is 5.94. The molecule has 0 spiro atoms. The van der Waals surface area contributed by atoms with E-state index < -0.39 is 0 Å². The Morgan fingerprint density at radius 3 is 2.15 bits per heavy atom. The summed E-state index contributed by atoms with van der Waals surface area (Å²) in [6, 6.07) is 16.4. The van der Waals surface area contributed by atoms with Crippen molar-refractivity contribution in [2.24, 2.45) is 29.8 Å². The van der Waals surface area contributed by atoms with Crippen molar-refractivity contribution in [2.75, 3.05) is 11.9 Å². The van der Waals surface area contributed by atoms with E-state index in [1.54, 1.807) is 0 Å². The molecule has 178 valence electrons. The van der Waals surface area contributed by atoms with E-state index in [0.717, 1.165) is 47.9 Å². The molecule has 0 atom stereocenters. The van der Waals surface area contributed by atoms with Gasteiger partial charge in [0.2, 0.25) is 0 Å². The average Bonchev–Trinajstić information content (AvgIpc) is 3.14. The largest absolute Gasteiger partial charge is 0.457 e. The lowest BCUT2D eigenvalue weighted by atomic mass is 9.53. The highest BCUT2D eigenvalue weighted by atomic mass is 32.1. The van der Waals surface area contributed by atoms with Crippen LogP contribution in [0.5, 0.6) is 11.5 Å². The van der Waals surface area contributed by atoms with Crippen LogP contribution in [0.25, 0.3) is 0 Å². The lowest BCUT2D eigenvalue weighted by molar-refractivity contribution is -0.000363. The summed E-state index contributed by atoms with van der Waals surface area (Å²) in [5, 5.41) is 5.86. The first-order valence-corrected chi connectivity index (χ1v) is 13.7. The number of nitrogens with one attached hydrogen (secondary N) is 1. The molecule has 5 heteroatoms. The number of nitrogens with zero attached hydrogens (tertiary/aromatic N) is 2. The Hall–Kier alpha value is -2.53. The number of ether oxygens (including phenoxy) is 1. The minimum absolute atomic E-state index is 0.245. The van der Waals surface area contributed by atoms with Crippen molar-refractivity contribution >= 4 is 17.0 Å². The van der Waals surface area contributed by atoms with Crippen molar-refractivity contribution in [3.63, 3.8) is 0 Å². The lowest BCUT2D eigenvalue weighted by Crippen LogP contribution is -2.50. The van der Waals surface area contributed by atoms with E-state index in [1.165, 1.54) is 54.6 Å². The van der Waals surface area contributed by atoms with E-state index >= 15 is 0 Å². The Labute approximate surface area is 206 Å². The summed E-state index contributed by atoms with van der Waals surface area (Å²) < 4.78 is 8.28. The molecule has 4 saturated carbocycles. The van der Waals surface area contributed by atoms with Crippen LogP contribution in [0, 0.1) is 24.7 Å². The second-order valence-corrected chi connectivity index (χ2v) is 11.8. The molecule has 2 aromatic carbocycles. The first-order valence-electron chi connectivity index (χ1n) is 12.8. The molecule has 3 aromatic rings. The number of rotatable bonds is 7. The van der Waals surface area contributed by atoms with Crippen molar-refractivity contribution in [3.8, 4) is 11.5 Å². The summed E-state index contributed by atoms with van der Waals surface area (Å²) in [6.45, 7) is 2.98. The average molecular weight is 474 g/mol. The molecule has 1 heterocycles. The van der Waals surface area contributed by atoms with Gasteiger partial charge in [0.05, 0.1) is 5.54 Å². The topological polar surface area (TPSA) is 38.5 Å². The third-order valence-electron chi connectivity index (χ3n) is 8.18. The van der Waals surface area contributed by atoms with Gasteiger partial charge < -0.3 is 14.6 Å². The fourth-order valence-corrected chi connectivity index (χ4v) is 7.89. The Morgan fingerprint density at radius 2 is 1.53 bits per heavy atom. The van der Waals surface area contributed by atoms with E-state index in [-0.39, 0.29) is 5.54 Å². The first-order chi connectivity index (χ1) is 16.5. The van der Waals surface area contributed by atoms with E-state index in [0.29, 0.717) is 0 Å². The maximum Gasteiger partial charge on any atom is 0.185 e. The molecule has 4 bridgehead atoms. The molecule has 1 N–H and O–H groups in total. The predicted octanol–water partition coefficient (Wildman–Crippen LogP) is 6.71. The van der Waals surface area contributed by atoms with E-state index in [2.05, 4.69) is 53.5 Å². The summed E-state index contributed by atoms with van der Waals surface area (Å²) in [4.78, 5) is 6.65. The van der Waals surface area contributed by atoms with Gasteiger partial charge in [-0.15, -0.1) is 11.3 Å². The van der Waals surface area contributed by atoms with Crippen molar-refractivity contribution in [2.45, 2.75) is 57.4 Å². The van der Waals surface area contributed by atoms with Crippen LogP contribution in [-0.4, -0.2) is 16.7 Å². The monoisotopic (exact) mass is 473 g/mol. The van der Waals surface area contributed by atoms with Crippen LogP contribution < -0.4 is 14.9 Å². The molecule has 4 fully saturated rings. The zero-order valence-electron chi connectivity index (χ0n) is 20.3. The van der Waals surface area contributed by atoms with Crippen LogP contribution >= 0.6 is 11.3 Å². The van der Waals surface area contributed by atoms with Crippen molar-refractivity contribution in [3.05, 3.63) is 70.0 Å². The Balaban J connectivity index is 1.06. The van der Waals surface area contributed by atoms with Gasteiger partial charge >= 0.3 is 0 Å². The quantitative estimate of drug-likeness (QED) is 0.414. The highest BCUT2D eigenvalue weighted by molar-refractivity contribution is 7.07. The van der Waals surface area contributed by atoms with Crippen LogP contribution in [0.1, 0.15) is 49.8 Å². The fraction of sp³-hybridized carbons (Fsp3) is 0.483. The van der Waals surface area contributed by atoms with Crippen LogP contribution in [-0.2, 0) is 13.5 Å². The molecule has 4 aliphatic carbocycles. The fourth-order valence-electron chi connectivity index (χ4n) is 6.85. The van der Waals surface area contributed by atoms with Crippen molar-refractivity contribution < 1.29 is 4.74 Å². The summed E-state index contributed by atoms with van der Waals surface area (Å²) >= 11 is 1.83. The highest BCUT2D eigenvalue weighted by Crippen LogP contribution is 2.57. The summed E-state index contributed by atoms with van der Waals surface area (Å²) in [6.07, 6.45) is 9.40. The minimum Gasteiger partial charge on any atom is -0.457 e. The van der Waals surface area contributed by atoms with Gasteiger partial charge in [-0.3, -0.25) is 4.99 Å². The number of benzene rings is 2. The smallest absolute Gasteiger partial charge is 0.185 e. The number of hydrogen-bond donors (Lipinski definition) is 1. The molecule has 4 aliphatic rings. The minimum atomic E-state index is 0.245. The van der Waals surface area contributed by atoms with Crippen LogP contribution in [0.2, 0.25) is 0 Å². The molecule has 34 heavy (non-hydrogen) atoms. The Morgan fingerprint density at radius 1 is 0.941 bits per heavy atom. The molecule has 0 saturated heterocycles. The standard InChI is InChI=1S/C29H35N3OS/c1-20-3-7-26(8-4-20)33-27-9-5-24(6-10-27)30-12-11-25-19-34-28(32(25)2)31-29-16-21-13-22(17-29)15-23(14-21)18-29/h3-10,19,21-23,30H,11-18H2,1-2H3. The molecule has 0 radical (unpaired) electrons. The number of aromatic nitrogens is 1. The molecular weight excluding hydrogens is 438 g/mol. The number of hydrogen-bond acceptors (Lipinski definition) is 4. The molecule has 0 aliphatic heterocycles. The van der Waals surface area contributed by atoms with Gasteiger partial charge in [-0.05, 0) is 99.6 Å². The normalized spacial score (nSPS) is 27.8. The molecule has 0 amide bonds. The third-order valence-corrected chi connectivity index (χ3v) is 9.14. The van der Waals surface area contributed by atoms with Crippen LogP contribution in [0.3, 0.4) is 0 Å². The third kappa shape index (κ3) is 4.55. The number of aryl methyl sites for hydroxylation is 1. The van der Waals surface area contributed by atoms with Gasteiger partial charge in [-0.1, -0.05) is 17.7 Å². The maximum atomic E-state index is 5.94. The van der Waals surface area contributed by atoms with Gasteiger partial charge in [0, 0.05) is 36.8 Å². The van der Waals surface area contributed by atoms with Gasteiger partial charge in [0.25, 0.3) is 0 Å². The molecule has 1 aromatic heterocycles. The Bertz CT molecular complexity index is 1170. The summed E-state index contributed by atoms with van der Waals surface area (Å²) in [5.41, 5.74) is 3.96. The summed E-state index contributed by atoms with van der Waals surface area (Å²) in [5.74, 6) is 4.55. The molecule has 4 nitrogen and oxygen atoms in total. The number of anilines is 1. The zero-order valence-corrected chi connectivity index (χ0v) is 21.1. The predicted molar refractivity (Wildman–Crippen MR) is 140 cm³/mol. The number of thiazole rings is 1. The van der Waals surface area contributed by atoms with Gasteiger partial charge in [0.15, 0.2) is 4.80 Å². The molecule has 0 unspecified atom stereocenters. The van der Waals surface area contributed by atoms with Crippen molar-refractivity contribution in [1.29, 1.82) is 0 Å². The van der Waals surface area contributed by atoms with Gasteiger partial charge in [-0.2, -0.15) is 0 Å². The Kier molecular flexibility index (Phi) is 5.76. The second kappa shape index (κ2) is 8.92. The summed E-state index contributed by atoms with van der Waals surface area (Å²) in [7, 11) is 2.20. The lowest BCUT2D eigenvalue weighted by Gasteiger charge is -2.54. The second-order valence-electron chi connectivity index (χ2n) is 10.9. The molecule has 7 rings (SSSR count). The van der Waals surface area contributed by atoms with E-state index in [9.17, 15) is 0 Å². The van der Waals surface area contributed by atoms with Gasteiger partial charge in [-0.25, -0.2) is 0 Å². The first kappa shape index (κ1) is 22.0.